The topological polar surface area (TPSA) is 111 Å². The molecule has 1 fully saturated rings. The van der Waals surface area contributed by atoms with Crippen molar-refractivity contribution in [1.29, 1.82) is 0 Å². The van der Waals surface area contributed by atoms with Crippen LogP contribution in [-0.2, 0) is 9.84 Å². The molecule has 0 bridgehead atoms. The van der Waals surface area contributed by atoms with Crippen LogP contribution < -0.4 is 11.1 Å². The summed E-state index contributed by atoms with van der Waals surface area (Å²) in [5.74, 6) is 0.680. The number of nitrogen functional groups attached to an aromatic ring is 1. The highest BCUT2D eigenvalue weighted by atomic mass is 32.2. The van der Waals surface area contributed by atoms with Crippen LogP contribution in [0.1, 0.15) is 0 Å². The van der Waals surface area contributed by atoms with E-state index in [-0.39, 0.29) is 23.5 Å². The van der Waals surface area contributed by atoms with Crippen LogP contribution in [0.25, 0.3) is 0 Å². The molecule has 0 aliphatic carbocycles. The second kappa shape index (κ2) is 3.05. The number of sulfone groups is 1. The van der Waals surface area contributed by atoms with Gasteiger partial charge < -0.3 is 11.1 Å². The van der Waals surface area contributed by atoms with Crippen molar-refractivity contribution in [1.82, 2.24) is 15.0 Å². The SMILES string of the molecule is Nc1ncnc(NC2CS(=O)(=O)C2)n1. The van der Waals surface area contributed by atoms with E-state index < -0.39 is 9.84 Å². The molecule has 14 heavy (non-hydrogen) atoms. The Morgan fingerprint density at radius 2 is 2.14 bits per heavy atom. The van der Waals surface area contributed by atoms with Crippen molar-refractivity contribution in [2.75, 3.05) is 22.6 Å². The first kappa shape index (κ1) is 9.13. The average molecular weight is 215 g/mol. The summed E-state index contributed by atoms with van der Waals surface area (Å²) in [6.07, 6.45) is 1.28. The molecule has 0 spiro atoms. The molecule has 0 saturated carbocycles. The predicted octanol–water partition coefficient (Wildman–Crippen LogP) is -1.34. The lowest BCUT2D eigenvalue weighted by Gasteiger charge is -2.26. The number of nitrogens with one attached hydrogen (secondary N) is 1. The Balaban J connectivity index is 2.00. The third kappa shape index (κ3) is 1.90. The second-order valence-corrected chi connectivity index (χ2v) is 5.24. The summed E-state index contributed by atoms with van der Waals surface area (Å²) in [4.78, 5) is 11.2. The maximum atomic E-state index is 10.8. The van der Waals surface area contributed by atoms with Crippen LogP contribution >= 0.6 is 0 Å². The van der Waals surface area contributed by atoms with Crippen molar-refractivity contribution in [2.45, 2.75) is 6.04 Å². The molecule has 3 N–H and O–H groups in total. The summed E-state index contributed by atoms with van der Waals surface area (Å²) < 4.78 is 21.7. The van der Waals surface area contributed by atoms with E-state index in [1.165, 1.54) is 6.33 Å². The maximum absolute atomic E-state index is 10.8. The molecule has 8 heteroatoms. The zero-order valence-electron chi connectivity index (χ0n) is 7.21. The van der Waals surface area contributed by atoms with Gasteiger partial charge in [0.1, 0.15) is 6.33 Å². The molecule has 1 aromatic rings. The molecule has 2 rings (SSSR count). The van der Waals surface area contributed by atoms with Crippen LogP contribution in [0, 0.1) is 0 Å². The van der Waals surface area contributed by atoms with Gasteiger partial charge in [0.25, 0.3) is 0 Å². The molecule has 1 saturated heterocycles. The third-order valence-corrected chi connectivity index (χ3v) is 3.65. The Kier molecular flexibility index (Phi) is 1.99. The van der Waals surface area contributed by atoms with Crippen LogP contribution in [0.4, 0.5) is 11.9 Å². The van der Waals surface area contributed by atoms with Gasteiger partial charge in [-0.1, -0.05) is 0 Å². The highest BCUT2D eigenvalue weighted by Gasteiger charge is 2.33. The van der Waals surface area contributed by atoms with E-state index >= 15 is 0 Å². The Bertz CT molecular complexity index is 433. The van der Waals surface area contributed by atoms with Crippen molar-refractivity contribution >= 4 is 21.7 Å². The predicted molar refractivity (Wildman–Crippen MR) is 50.3 cm³/mol. The van der Waals surface area contributed by atoms with E-state index in [0.29, 0.717) is 5.95 Å². The smallest absolute Gasteiger partial charge is 0.227 e. The van der Waals surface area contributed by atoms with Crippen LogP contribution in [0.5, 0.6) is 0 Å². The van der Waals surface area contributed by atoms with Gasteiger partial charge in [-0.15, -0.1) is 0 Å². The lowest BCUT2D eigenvalue weighted by molar-refractivity contribution is 0.570. The van der Waals surface area contributed by atoms with E-state index in [2.05, 4.69) is 20.3 Å². The van der Waals surface area contributed by atoms with Gasteiger partial charge >= 0.3 is 0 Å². The molecule has 0 amide bonds. The molecule has 0 unspecified atom stereocenters. The minimum Gasteiger partial charge on any atom is -0.368 e. The minimum absolute atomic E-state index is 0.109. The average Bonchev–Trinajstić information content (AvgIpc) is 2.00. The van der Waals surface area contributed by atoms with Crippen molar-refractivity contribution in [3.63, 3.8) is 0 Å². The standard InChI is InChI=1S/C6H9N5O2S/c7-5-8-3-9-6(11-5)10-4-1-14(12,13)2-4/h3-4H,1-2H2,(H3,7,8,9,10,11). The monoisotopic (exact) mass is 215 g/mol. The first-order chi connectivity index (χ1) is 6.55. The van der Waals surface area contributed by atoms with Crippen molar-refractivity contribution in [3.8, 4) is 0 Å². The van der Waals surface area contributed by atoms with Crippen LogP contribution in [0.15, 0.2) is 6.33 Å². The van der Waals surface area contributed by atoms with Gasteiger partial charge in [0.2, 0.25) is 11.9 Å². The molecule has 0 atom stereocenters. The Hall–Kier alpha value is -1.44. The maximum Gasteiger partial charge on any atom is 0.227 e. The van der Waals surface area contributed by atoms with Gasteiger partial charge in [-0.25, -0.2) is 18.4 Å². The summed E-state index contributed by atoms with van der Waals surface area (Å²) in [6, 6.07) is -0.109. The van der Waals surface area contributed by atoms with E-state index in [4.69, 9.17) is 5.73 Å². The van der Waals surface area contributed by atoms with Crippen LogP contribution in [0.2, 0.25) is 0 Å². The van der Waals surface area contributed by atoms with Crippen molar-refractivity contribution in [3.05, 3.63) is 6.33 Å². The van der Waals surface area contributed by atoms with Crippen LogP contribution in [0.3, 0.4) is 0 Å². The molecule has 2 heterocycles. The fourth-order valence-electron chi connectivity index (χ4n) is 1.21. The number of nitrogens with zero attached hydrogens (tertiary/aromatic N) is 3. The summed E-state index contributed by atoms with van der Waals surface area (Å²) in [6.45, 7) is 0. The molecular weight excluding hydrogens is 206 g/mol. The van der Waals surface area contributed by atoms with E-state index in [1.54, 1.807) is 0 Å². The first-order valence-corrected chi connectivity index (χ1v) is 5.79. The Morgan fingerprint density at radius 1 is 1.43 bits per heavy atom. The van der Waals surface area contributed by atoms with Gasteiger partial charge in [-0.3, -0.25) is 0 Å². The molecule has 1 aliphatic rings. The van der Waals surface area contributed by atoms with Gasteiger partial charge in [0.05, 0.1) is 17.5 Å². The van der Waals surface area contributed by atoms with Gasteiger partial charge in [-0.05, 0) is 0 Å². The highest BCUT2D eigenvalue weighted by molar-refractivity contribution is 7.92. The quantitative estimate of drug-likeness (QED) is 0.628. The number of hydrogen-bond acceptors (Lipinski definition) is 7. The van der Waals surface area contributed by atoms with Gasteiger partial charge in [-0.2, -0.15) is 4.98 Å². The van der Waals surface area contributed by atoms with Gasteiger partial charge in [0.15, 0.2) is 9.84 Å². The second-order valence-electron chi connectivity index (χ2n) is 3.09. The first-order valence-electron chi connectivity index (χ1n) is 3.97. The highest BCUT2D eigenvalue weighted by Crippen LogP contribution is 2.14. The molecular formula is C6H9N5O2S. The zero-order valence-corrected chi connectivity index (χ0v) is 8.03. The zero-order chi connectivity index (χ0) is 10.2. The number of aromatic nitrogens is 3. The summed E-state index contributed by atoms with van der Waals surface area (Å²) >= 11 is 0. The normalized spacial score (nSPS) is 20.0. The molecule has 1 aliphatic heterocycles. The molecule has 0 aromatic carbocycles. The molecule has 76 valence electrons. The fraction of sp³-hybridized carbons (Fsp3) is 0.500. The molecule has 7 nitrogen and oxygen atoms in total. The number of anilines is 2. The Labute approximate surface area is 80.7 Å². The van der Waals surface area contributed by atoms with E-state index in [0.717, 1.165) is 0 Å². The number of hydrogen-bond donors (Lipinski definition) is 2. The Morgan fingerprint density at radius 3 is 2.71 bits per heavy atom. The van der Waals surface area contributed by atoms with E-state index in [9.17, 15) is 8.42 Å². The lowest BCUT2D eigenvalue weighted by atomic mass is 10.4. The summed E-state index contributed by atoms with van der Waals surface area (Å²) in [5, 5.41) is 2.85. The molecule has 1 aromatic heterocycles. The minimum atomic E-state index is -2.83. The number of rotatable bonds is 2. The fourth-order valence-corrected chi connectivity index (χ4v) is 2.50. The van der Waals surface area contributed by atoms with E-state index in [1.807, 2.05) is 0 Å². The van der Waals surface area contributed by atoms with Crippen molar-refractivity contribution < 1.29 is 8.42 Å². The van der Waals surface area contributed by atoms with Crippen LogP contribution in [-0.4, -0.2) is 40.9 Å². The summed E-state index contributed by atoms with van der Waals surface area (Å²) in [5.41, 5.74) is 5.33. The third-order valence-electron chi connectivity index (χ3n) is 1.83. The number of nitrogens with two attached hydrogens (primary N) is 1. The summed E-state index contributed by atoms with van der Waals surface area (Å²) in [7, 11) is -2.83. The largest absolute Gasteiger partial charge is 0.368 e. The molecule has 0 radical (unpaired) electrons. The van der Waals surface area contributed by atoms with Crippen molar-refractivity contribution in [2.24, 2.45) is 0 Å². The van der Waals surface area contributed by atoms with Gasteiger partial charge in [0, 0.05) is 0 Å². The lowest BCUT2D eigenvalue weighted by Crippen LogP contribution is -2.46.